The Morgan fingerprint density at radius 2 is 1.79 bits per heavy atom. The maximum Gasteiger partial charge on any atom is 0.150 e. The first-order valence-electron chi connectivity index (χ1n) is 11.4. The summed E-state index contributed by atoms with van der Waals surface area (Å²) < 4.78 is 24.9. The molecule has 5 rings (SSSR count). The second-order valence-electron chi connectivity index (χ2n) is 8.78. The summed E-state index contributed by atoms with van der Waals surface area (Å²) in [6, 6.07) is 23.5. The van der Waals surface area contributed by atoms with Crippen molar-refractivity contribution in [2.24, 2.45) is 5.92 Å². The summed E-state index contributed by atoms with van der Waals surface area (Å²) in [7, 11) is 0. The lowest BCUT2D eigenvalue weighted by Gasteiger charge is -2.37. The average Bonchev–Trinajstić information content (AvgIpc) is 2.81. The van der Waals surface area contributed by atoms with E-state index in [1.54, 1.807) is 12.1 Å². The fourth-order valence-electron chi connectivity index (χ4n) is 4.65. The van der Waals surface area contributed by atoms with E-state index in [1.165, 1.54) is 0 Å². The van der Waals surface area contributed by atoms with Crippen molar-refractivity contribution in [3.05, 3.63) is 89.5 Å². The number of alkyl halides is 1. The molecule has 170 valence electrons. The van der Waals surface area contributed by atoms with E-state index >= 15 is 0 Å². The van der Waals surface area contributed by atoms with Crippen LogP contribution in [-0.2, 0) is 0 Å². The molecule has 0 aliphatic carbocycles. The zero-order valence-corrected chi connectivity index (χ0v) is 18.7. The van der Waals surface area contributed by atoms with Crippen LogP contribution in [0, 0.1) is 5.92 Å². The molecule has 1 saturated heterocycles. The molecule has 1 N–H and O–H groups in total. The molecule has 1 fully saturated rings. The van der Waals surface area contributed by atoms with Crippen LogP contribution < -0.4 is 9.47 Å². The Labute approximate surface area is 193 Å². The van der Waals surface area contributed by atoms with E-state index in [4.69, 9.17) is 9.47 Å². The zero-order valence-electron chi connectivity index (χ0n) is 18.7. The summed E-state index contributed by atoms with van der Waals surface area (Å²) in [6.07, 6.45) is -0.297. The fourth-order valence-corrected chi connectivity index (χ4v) is 4.65. The lowest BCUT2D eigenvalue weighted by molar-refractivity contribution is 0.0668. The molecule has 2 aliphatic rings. The van der Waals surface area contributed by atoms with E-state index in [2.05, 4.69) is 24.0 Å². The molecule has 0 radical (unpaired) electrons. The van der Waals surface area contributed by atoms with Gasteiger partial charge in [0.15, 0.2) is 0 Å². The number of ether oxygens (including phenoxy) is 2. The number of benzene rings is 3. The number of nitrogens with zero attached hydrogens (tertiary/aromatic N) is 1. The molecule has 1 unspecified atom stereocenters. The summed E-state index contributed by atoms with van der Waals surface area (Å²) >= 11 is 0. The first-order chi connectivity index (χ1) is 16.1. The fraction of sp³-hybridized carbons (Fsp3) is 0.286. The van der Waals surface area contributed by atoms with Gasteiger partial charge in [-0.2, -0.15) is 0 Å². The smallest absolute Gasteiger partial charge is 0.150 e. The van der Waals surface area contributed by atoms with Crippen LogP contribution in [0.1, 0.15) is 29.7 Å². The summed E-state index contributed by atoms with van der Waals surface area (Å²) in [6.45, 7) is 4.91. The molecule has 3 aromatic carbocycles. The summed E-state index contributed by atoms with van der Waals surface area (Å²) in [5, 5.41) is 9.99. The van der Waals surface area contributed by atoms with E-state index in [1.807, 2.05) is 48.5 Å². The average molecular weight is 446 g/mol. The number of hydrogen-bond acceptors (Lipinski definition) is 4. The van der Waals surface area contributed by atoms with E-state index in [9.17, 15) is 9.50 Å². The number of allylic oxidation sites excluding steroid dienone is 1. The molecule has 0 saturated carbocycles. The number of likely N-dealkylation sites (tertiary alicyclic amines) is 1. The molecule has 33 heavy (non-hydrogen) atoms. The third-order valence-corrected chi connectivity index (χ3v) is 6.48. The highest BCUT2D eigenvalue weighted by Crippen LogP contribution is 2.47. The second-order valence-corrected chi connectivity index (χ2v) is 8.78. The summed E-state index contributed by atoms with van der Waals surface area (Å²) in [5.74, 6) is 1.87. The van der Waals surface area contributed by atoms with E-state index in [0.29, 0.717) is 12.4 Å². The van der Waals surface area contributed by atoms with Crippen LogP contribution in [0.2, 0.25) is 0 Å². The normalized spacial score (nSPS) is 18.4. The van der Waals surface area contributed by atoms with Crippen LogP contribution in [-0.4, -0.2) is 42.9 Å². The van der Waals surface area contributed by atoms with Crippen molar-refractivity contribution in [2.75, 3.05) is 32.9 Å². The highest BCUT2D eigenvalue weighted by molar-refractivity contribution is 5.95. The van der Waals surface area contributed by atoms with E-state index in [0.717, 1.165) is 53.2 Å². The number of phenolic OH excluding ortho intramolecular Hbond substituents is 1. The zero-order chi connectivity index (χ0) is 22.8. The first kappa shape index (κ1) is 21.5. The number of hydrogen-bond donors (Lipinski definition) is 1. The van der Waals surface area contributed by atoms with Crippen molar-refractivity contribution in [2.45, 2.75) is 13.0 Å². The van der Waals surface area contributed by atoms with Gasteiger partial charge in [0.1, 0.15) is 30.0 Å². The van der Waals surface area contributed by atoms with E-state index in [-0.39, 0.29) is 24.4 Å². The SMILES string of the molecule is CC1=C(c2ccccc2)C(c2ccc(OCCN3CC(CF)C3)cc2)Oc2cc(O)ccc21. The molecular weight excluding hydrogens is 417 g/mol. The maximum absolute atomic E-state index is 12.6. The Morgan fingerprint density at radius 1 is 1.03 bits per heavy atom. The van der Waals surface area contributed by atoms with Crippen molar-refractivity contribution >= 4 is 11.1 Å². The standard InChI is InChI=1S/C28H28FNO3/c1-19-25-12-9-23(31)15-26(25)33-28(27(19)21-5-3-2-4-6-21)22-7-10-24(11-8-22)32-14-13-30-17-20(16-29)18-30/h2-12,15,20,28,31H,13-14,16-18H2,1H3. The van der Waals surface area contributed by atoms with Gasteiger partial charge in [0.05, 0.1) is 6.67 Å². The largest absolute Gasteiger partial charge is 0.508 e. The lowest BCUT2D eigenvalue weighted by atomic mass is 9.86. The first-order valence-corrected chi connectivity index (χ1v) is 11.4. The van der Waals surface area contributed by atoms with Crippen molar-refractivity contribution in [1.82, 2.24) is 4.90 Å². The van der Waals surface area contributed by atoms with Gasteiger partial charge in [-0.25, -0.2) is 0 Å². The quantitative estimate of drug-likeness (QED) is 0.504. The van der Waals surface area contributed by atoms with E-state index < -0.39 is 0 Å². The Morgan fingerprint density at radius 3 is 2.52 bits per heavy atom. The second kappa shape index (κ2) is 9.28. The minimum absolute atomic E-state index is 0.187. The Bertz CT molecular complexity index is 1140. The number of phenols is 1. The molecule has 0 amide bonds. The lowest BCUT2D eigenvalue weighted by Crippen LogP contribution is -2.49. The van der Waals surface area contributed by atoms with Crippen LogP contribution in [0.3, 0.4) is 0 Å². The predicted molar refractivity (Wildman–Crippen MR) is 128 cm³/mol. The highest BCUT2D eigenvalue weighted by atomic mass is 19.1. The van der Waals surface area contributed by atoms with Crippen molar-refractivity contribution < 1.29 is 19.0 Å². The molecule has 2 aliphatic heterocycles. The highest BCUT2D eigenvalue weighted by Gasteiger charge is 2.29. The van der Waals surface area contributed by atoms with Gasteiger partial charge in [-0.1, -0.05) is 42.5 Å². The number of aromatic hydroxyl groups is 1. The Kier molecular flexibility index (Phi) is 6.05. The number of fused-ring (bicyclic) bond motifs is 1. The topological polar surface area (TPSA) is 41.9 Å². The molecule has 3 aromatic rings. The van der Waals surface area contributed by atoms with Gasteiger partial charge < -0.3 is 14.6 Å². The third kappa shape index (κ3) is 4.46. The third-order valence-electron chi connectivity index (χ3n) is 6.48. The molecular formula is C28H28FNO3. The van der Waals surface area contributed by atoms with Crippen LogP contribution >= 0.6 is 0 Å². The van der Waals surface area contributed by atoms with Crippen molar-refractivity contribution in [1.29, 1.82) is 0 Å². The van der Waals surface area contributed by atoms with Gasteiger partial charge in [-0.15, -0.1) is 0 Å². The maximum atomic E-state index is 12.6. The van der Waals surface area contributed by atoms with Crippen LogP contribution in [0.5, 0.6) is 17.2 Å². The van der Waals surface area contributed by atoms with Gasteiger partial charge in [0.2, 0.25) is 0 Å². The molecule has 1 atom stereocenters. The predicted octanol–water partition coefficient (Wildman–Crippen LogP) is 5.74. The van der Waals surface area contributed by atoms with Gasteiger partial charge in [-0.3, -0.25) is 9.29 Å². The molecule has 0 bridgehead atoms. The number of rotatable bonds is 7. The molecule has 0 spiro atoms. The monoisotopic (exact) mass is 445 g/mol. The minimum atomic E-state index is -0.297. The van der Waals surface area contributed by atoms with Crippen LogP contribution in [0.4, 0.5) is 4.39 Å². The summed E-state index contributed by atoms with van der Waals surface area (Å²) in [4.78, 5) is 2.21. The molecule has 4 nitrogen and oxygen atoms in total. The molecule has 2 heterocycles. The Balaban J connectivity index is 1.36. The minimum Gasteiger partial charge on any atom is -0.508 e. The van der Waals surface area contributed by atoms with Gasteiger partial charge >= 0.3 is 0 Å². The molecule has 0 aromatic heterocycles. The van der Waals surface area contributed by atoms with Crippen molar-refractivity contribution in [3.63, 3.8) is 0 Å². The van der Waals surface area contributed by atoms with Gasteiger partial charge in [-0.05, 0) is 47.9 Å². The van der Waals surface area contributed by atoms with Crippen LogP contribution in [0.25, 0.3) is 11.1 Å². The Hall–Kier alpha value is -3.31. The van der Waals surface area contributed by atoms with Gasteiger partial charge in [0, 0.05) is 42.8 Å². The summed E-state index contributed by atoms with van der Waals surface area (Å²) in [5.41, 5.74) is 5.36. The van der Waals surface area contributed by atoms with Crippen LogP contribution in [0.15, 0.2) is 72.8 Å². The van der Waals surface area contributed by atoms with Gasteiger partial charge in [0.25, 0.3) is 0 Å². The van der Waals surface area contributed by atoms with Crippen molar-refractivity contribution in [3.8, 4) is 17.2 Å². The molecule has 5 heteroatoms. The number of halogens is 1.